The number of ether oxygens (including phenoxy) is 1. The number of para-hydroxylation sites is 1. The number of carbonyl (C=O) groups excluding carboxylic acids is 1. The molecule has 0 saturated carbocycles. The minimum Gasteiger partial charge on any atom is -0.461 e. The number of carbonyl (C=O) groups is 1. The highest BCUT2D eigenvalue weighted by Gasteiger charge is 2.48. The van der Waals surface area contributed by atoms with Gasteiger partial charge < -0.3 is 4.74 Å². The van der Waals surface area contributed by atoms with Crippen molar-refractivity contribution in [3.63, 3.8) is 0 Å². The molecule has 0 radical (unpaired) electrons. The van der Waals surface area contributed by atoms with Gasteiger partial charge in [0.25, 0.3) is 0 Å². The number of hydrazone groups is 1. The van der Waals surface area contributed by atoms with Crippen molar-refractivity contribution < 1.29 is 9.53 Å². The molecule has 0 atom stereocenters. The Morgan fingerprint density at radius 3 is 1.89 bits per heavy atom. The number of rotatable bonds is 5. The van der Waals surface area contributed by atoms with Crippen LogP contribution in [0.4, 0.5) is 5.69 Å². The number of hydrogen-bond donors (Lipinski definition) is 0. The van der Waals surface area contributed by atoms with Crippen LogP contribution >= 0.6 is 0 Å². The fraction of sp³-hybridized carbons (Fsp3) is 0.167. The van der Waals surface area contributed by atoms with Crippen molar-refractivity contribution in [1.29, 1.82) is 0 Å². The molecule has 0 unspecified atom stereocenters. The Balaban J connectivity index is 1.94. The molecule has 0 aromatic heterocycles. The summed E-state index contributed by atoms with van der Waals surface area (Å²) in [5.74, 6) is -0.364. The Kier molecular flexibility index (Phi) is 4.94. The average Bonchev–Trinajstić information content (AvgIpc) is 3.18. The first-order valence-electron chi connectivity index (χ1n) is 9.46. The zero-order chi connectivity index (χ0) is 19.4. The van der Waals surface area contributed by atoms with Crippen molar-refractivity contribution in [3.05, 3.63) is 102 Å². The third-order valence-corrected chi connectivity index (χ3v) is 5.02. The molecule has 0 N–H and O–H groups in total. The molecule has 0 spiro atoms. The topological polar surface area (TPSA) is 41.9 Å². The number of anilines is 1. The second-order valence-corrected chi connectivity index (χ2v) is 6.68. The minimum atomic E-state index is -0.619. The molecular formula is C24H22N2O2. The number of esters is 1. The summed E-state index contributed by atoms with van der Waals surface area (Å²) in [6.45, 7) is 2.14. The lowest BCUT2D eigenvalue weighted by molar-refractivity contribution is -0.135. The third kappa shape index (κ3) is 3.07. The number of nitrogens with zero attached hydrogens (tertiary/aromatic N) is 2. The van der Waals surface area contributed by atoms with Crippen LogP contribution < -0.4 is 5.01 Å². The first-order valence-corrected chi connectivity index (χ1v) is 9.46. The largest absolute Gasteiger partial charge is 0.461 e. The molecule has 3 aromatic carbocycles. The van der Waals surface area contributed by atoms with Crippen molar-refractivity contribution >= 4 is 17.4 Å². The summed E-state index contributed by atoms with van der Waals surface area (Å²) in [4.78, 5) is 12.6. The lowest BCUT2D eigenvalue weighted by atomic mass is 9.78. The van der Waals surface area contributed by atoms with Crippen LogP contribution in [0.15, 0.2) is 96.1 Å². The van der Waals surface area contributed by atoms with Gasteiger partial charge in [-0.3, -0.25) is 0 Å². The summed E-state index contributed by atoms with van der Waals surface area (Å²) in [7, 11) is 0. The summed E-state index contributed by atoms with van der Waals surface area (Å²) in [5, 5.41) is 6.72. The van der Waals surface area contributed by atoms with E-state index in [9.17, 15) is 4.79 Å². The van der Waals surface area contributed by atoms with Crippen LogP contribution in [0.5, 0.6) is 0 Å². The van der Waals surface area contributed by atoms with Crippen LogP contribution in [0.2, 0.25) is 0 Å². The lowest BCUT2D eigenvalue weighted by Crippen LogP contribution is -2.41. The highest BCUT2D eigenvalue weighted by molar-refractivity contribution is 6.37. The first kappa shape index (κ1) is 18.0. The van der Waals surface area contributed by atoms with E-state index in [0.717, 1.165) is 16.8 Å². The van der Waals surface area contributed by atoms with E-state index in [0.29, 0.717) is 18.7 Å². The molecule has 0 fully saturated rings. The first-order chi connectivity index (χ1) is 13.8. The van der Waals surface area contributed by atoms with Crippen LogP contribution in [-0.2, 0) is 15.1 Å². The summed E-state index contributed by atoms with van der Waals surface area (Å²) >= 11 is 0. The van der Waals surface area contributed by atoms with Crippen molar-refractivity contribution in [1.82, 2.24) is 0 Å². The van der Waals surface area contributed by atoms with Gasteiger partial charge in [0.15, 0.2) is 0 Å². The highest BCUT2D eigenvalue weighted by Crippen LogP contribution is 2.46. The summed E-state index contributed by atoms with van der Waals surface area (Å²) in [6, 6.07) is 30.4. The zero-order valence-corrected chi connectivity index (χ0v) is 15.8. The molecule has 4 nitrogen and oxygen atoms in total. The fourth-order valence-electron chi connectivity index (χ4n) is 3.78. The predicted octanol–water partition coefficient (Wildman–Crippen LogP) is 4.76. The molecule has 1 aliphatic heterocycles. The van der Waals surface area contributed by atoms with E-state index in [-0.39, 0.29) is 5.97 Å². The van der Waals surface area contributed by atoms with Gasteiger partial charge >= 0.3 is 5.97 Å². The van der Waals surface area contributed by atoms with Crippen molar-refractivity contribution in [2.24, 2.45) is 5.10 Å². The molecule has 4 heteroatoms. The van der Waals surface area contributed by atoms with Gasteiger partial charge in [-0.05, 0) is 30.2 Å². The van der Waals surface area contributed by atoms with Gasteiger partial charge in [-0.15, -0.1) is 0 Å². The van der Waals surface area contributed by atoms with E-state index in [1.54, 1.807) is 0 Å². The van der Waals surface area contributed by atoms with Crippen LogP contribution in [0.1, 0.15) is 24.5 Å². The second kappa shape index (κ2) is 7.69. The standard InChI is InChI=1S/C24H22N2O2/c1-2-28-23(27)22-18-24(19-12-6-3-7-13-19,20-14-8-4-9-15-20)26(25-22)21-16-10-5-11-17-21/h3-17H,2,18H2,1H3. The molecule has 0 saturated heterocycles. The Hall–Kier alpha value is -3.40. The smallest absolute Gasteiger partial charge is 0.354 e. The van der Waals surface area contributed by atoms with Crippen molar-refractivity contribution in [2.45, 2.75) is 18.9 Å². The molecule has 0 bridgehead atoms. The maximum absolute atomic E-state index is 12.6. The SMILES string of the molecule is CCOC(=O)C1=NN(c2ccccc2)C(c2ccccc2)(c2ccccc2)C1. The van der Waals surface area contributed by atoms with E-state index in [2.05, 4.69) is 24.3 Å². The number of benzene rings is 3. The fourth-order valence-corrected chi connectivity index (χ4v) is 3.78. The van der Waals surface area contributed by atoms with Crippen LogP contribution in [0.3, 0.4) is 0 Å². The van der Waals surface area contributed by atoms with Gasteiger partial charge in [0, 0.05) is 6.42 Å². The van der Waals surface area contributed by atoms with Gasteiger partial charge in [-0.2, -0.15) is 5.10 Å². The molecule has 4 rings (SSSR count). The number of hydrogen-bond acceptors (Lipinski definition) is 4. The molecule has 1 aliphatic rings. The minimum absolute atomic E-state index is 0.326. The summed E-state index contributed by atoms with van der Waals surface area (Å²) < 4.78 is 5.28. The Bertz CT molecular complexity index is 930. The molecule has 28 heavy (non-hydrogen) atoms. The van der Waals surface area contributed by atoms with E-state index in [1.807, 2.05) is 78.7 Å². The maximum Gasteiger partial charge on any atom is 0.354 e. The van der Waals surface area contributed by atoms with E-state index in [1.165, 1.54) is 0 Å². The summed E-state index contributed by atoms with van der Waals surface area (Å²) in [5.41, 5.74) is 2.89. The molecular weight excluding hydrogens is 348 g/mol. The van der Waals surface area contributed by atoms with Crippen LogP contribution in [0.25, 0.3) is 0 Å². The van der Waals surface area contributed by atoms with E-state index >= 15 is 0 Å². The quantitative estimate of drug-likeness (QED) is 0.608. The highest BCUT2D eigenvalue weighted by atomic mass is 16.5. The summed E-state index contributed by atoms with van der Waals surface area (Å²) in [6.07, 6.45) is 0.439. The Morgan fingerprint density at radius 1 is 0.893 bits per heavy atom. The second-order valence-electron chi connectivity index (χ2n) is 6.68. The molecule has 1 heterocycles. The van der Waals surface area contributed by atoms with Gasteiger partial charge in [-0.1, -0.05) is 78.9 Å². The van der Waals surface area contributed by atoms with Crippen LogP contribution in [-0.4, -0.2) is 18.3 Å². The lowest BCUT2D eigenvalue weighted by Gasteiger charge is -2.38. The molecule has 0 amide bonds. The van der Waals surface area contributed by atoms with E-state index in [4.69, 9.17) is 9.84 Å². The molecule has 3 aromatic rings. The van der Waals surface area contributed by atoms with Crippen molar-refractivity contribution in [2.75, 3.05) is 11.6 Å². The monoisotopic (exact) mass is 370 g/mol. The van der Waals surface area contributed by atoms with Gasteiger partial charge in [0.2, 0.25) is 0 Å². The van der Waals surface area contributed by atoms with Crippen LogP contribution in [0, 0.1) is 0 Å². The normalized spacial score (nSPS) is 15.2. The molecule has 140 valence electrons. The van der Waals surface area contributed by atoms with Gasteiger partial charge in [0.1, 0.15) is 11.3 Å². The third-order valence-electron chi connectivity index (χ3n) is 5.02. The molecule has 0 aliphatic carbocycles. The van der Waals surface area contributed by atoms with Gasteiger partial charge in [0.05, 0.1) is 12.3 Å². The average molecular weight is 370 g/mol. The maximum atomic E-state index is 12.6. The Morgan fingerprint density at radius 2 is 1.39 bits per heavy atom. The van der Waals surface area contributed by atoms with Crippen molar-refractivity contribution in [3.8, 4) is 0 Å². The zero-order valence-electron chi connectivity index (χ0n) is 15.8. The Labute approximate surface area is 165 Å². The van der Waals surface area contributed by atoms with E-state index < -0.39 is 5.54 Å². The van der Waals surface area contributed by atoms with Gasteiger partial charge in [-0.25, -0.2) is 9.80 Å². The predicted molar refractivity (Wildman–Crippen MR) is 111 cm³/mol.